The molecule has 3 unspecified atom stereocenters. The molecule has 19 heavy (non-hydrogen) atoms. The molecule has 2 bridgehead atoms. The third-order valence-corrected chi connectivity index (χ3v) is 4.86. The maximum atomic E-state index is 9.45. The first-order valence-corrected chi connectivity index (χ1v) is 6.96. The number of hydrogen-bond donors (Lipinski definition) is 0. The molecule has 2 aromatic carbocycles. The van der Waals surface area contributed by atoms with E-state index in [1.807, 2.05) is 12.1 Å². The largest absolute Gasteiger partial charge is 0.198 e. The second kappa shape index (κ2) is 3.85. The summed E-state index contributed by atoms with van der Waals surface area (Å²) in [5.74, 6) is 0.556. The van der Waals surface area contributed by atoms with E-state index in [0.717, 1.165) is 11.4 Å². The van der Waals surface area contributed by atoms with Crippen molar-refractivity contribution in [1.29, 1.82) is 5.26 Å². The maximum absolute atomic E-state index is 9.45. The highest BCUT2D eigenvalue weighted by Gasteiger charge is 2.44. The van der Waals surface area contributed by atoms with Crippen molar-refractivity contribution in [2.45, 2.75) is 18.3 Å². The van der Waals surface area contributed by atoms with E-state index >= 15 is 0 Å². The van der Waals surface area contributed by atoms with E-state index in [2.05, 4.69) is 36.4 Å². The number of fused-ring (bicyclic) bond motifs is 1. The molecule has 0 fully saturated rings. The van der Waals surface area contributed by atoms with Gasteiger partial charge < -0.3 is 0 Å². The van der Waals surface area contributed by atoms with Gasteiger partial charge in [-0.2, -0.15) is 5.26 Å². The molecule has 0 heterocycles. The van der Waals surface area contributed by atoms with Crippen LogP contribution in [0.1, 0.15) is 40.5 Å². The molecular weight excluding hydrogens is 254 g/mol. The Balaban J connectivity index is 2.06. The van der Waals surface area contributed by atoms with E-state index in [1.165, 1.54) is 22.3 Å². The van der Waals surface area contributed by atoms with Crippen LogP contribution >= 0.6 is 11.6 Å². The van der Waals surface area contributed by atoms with Crippen molar-refractivity contribution < 1.29 is 0 Å². The van der Waals surface area contributed by atoms with Crippen LogP contribution in [0.25, 0.3) is 0 Å². The number of nitrogens with zero attached hydrogens (tertiary/aromatic N) is 1. The summed E-state index contributed by atoms with van der Waals surface area (Å²) in [6.07, 6.45) is 0.898. The van der Waals surface area contributed by atoms with Crippen molar-refractivity contribution in [2.24, 2.45) is 5.92 Å². The van der Waals surface area contributed by atoms with E-state index < -0.39 is 0 Å². The summed E-state index contributed by atoms with van der Waals surface area (Å²) in [5, 5.41) is 10.3. The number of nitriles is 1. The lowest BCUT2D eigenvalue weighted by atomic mass is 9.59. The molecule has 3 atom stereocenters. The van der Waals surface area contributed by atoms with Crippen molar-refractivity contribution in [3.8, 4) is 6.07 Å². The van der Waals surface area contributed by atoms with E-state index in [4.69, 9.17) is 11.6 Å². The van der Waals surface area contributed by atoms with Crippen LogP contribution in [0, 0.1) is 17.2 Å². The molecule has 2 aromatic rings. The SMILES string of the molecule is N#CC1CC2c3ccccc3C1c1cccc(Cl)c12. The van der Waals surface area contributed by atoms with Gasteiger partial charge in [0.15, 0.2) is 0 Å². The summed E-state index contributed by atoms with van der Waals surface area (Å²) in [5.41, 5.74) is 5.19. The Morgan fingerprint density at radius 2 is 1.74 bits per heavy atom. The smallest absolute Gasteiger partial charge is 0.0666 e. The van der Waals surface area contributed by atoms with Gasteiger partial charge in [0, 0.05) is 16.9 Å². The molecule has 5 rings (SSSR count). The Labute approximate surface area is 117 Å². The van der Waals surface area contributed by atoms with Gasteiger partial charge in [-0.05, 0) is 34.7 Å². The van der Waals surface area contributed by atoms with Crippen molar-refractivity contribution in [2.75, 3.05) is 0 Å². The second-order valence-corrected chi connectivity index (χ2v) is 5.78. The molecule has 0 saturated carbocycles. The Morgan fingerprint density at radius 3 is 2.53 bits per heavy atom. The Hall–Kier alpha value is -1.78. The van der Waals surface area contributed by atoms with Crippen LogP contribution in [-0.2, 0) is 0 Å². The first-order chi connectivity index (χ1) is 9.31. The van der Waals surface area contributed by atoms with Crippen molar-refractivity contribution in [3.63, 3.8) is 0 Å². The normalized spacial score (nSPS) is 26.4. The van der Waals surface area contributed by atoms with Crippen LogP contribution in [0.3, 0.4) is 0 Å². The highest BCUT2D eigenvalue weighted by Crippen LogP contribution is 2.56. The molecule has 92 valence electrons. The van der Waals surface area contributed by atoms with Gasteiger partial charge in [-0.15, -0.1) is 0 Å². The zero-order valence-corrected chi connectivity index (χ0v) is 11.1. The fourth-order valence-corrected chi connectivity index (χ4v) is 4.14. The van der Waals surface area contributed by atoms with Crippen molar-refractivity contribution in [3.05, 3.63) is 69.7 Å². The molecule has 0 amide bonds. The van der Waals surface area contributed by atoms with Gasteiger partial charge >= 0.3 is 0 Å². The minimum atomic E-state index is 0.0749. The van der Waals surface area contributed by atoms with Crippen LogP contribution in [0.2, 0.25) is 5.02 Å². The fraction of sp³-hybridized carbons (Fsp3) is 0.235. The predicted octanol–water partition coefficient (Wildman–Crippen LogP) is 4.46. The third kappa shape index (κ3) is 1.35. The predicted molar refractivity (Wildman–Crippen MR) is 75.3 cm³/mol. The number of halogens is 1. The lowest BCUT2D eigenvalue weighted by molar-refractivity contribution is 0.431. The summed E-state index contributed by atoms with van der Waals surface area (Å²) in [4.78, 5) is 0. The minimum absolute atomic E-state index is 0.0749. The van der Waals surface area contributed by atoms with Gasteiger partial charge in [0.2, 0.25) is 0 Å². The number of hydrogen-bond acceptors (Lipinski definition) is 1. The Kier molecular flexibility index (Phi) is 2.25. The average molecular weight is 266 g/mol. The van der Waals surface area contributed by atoms with Crippen LogP contribution < -0.4 is 0 Å². The van der Waals surface area contributed by atoms with Crippen molar-refractivity contribution >= 4 is 11.6 Å². The van der Waals surface area contributed by atoms with Gasteiger partial charge in [0.05, 0.1) is 12.0 Å². The van der Waals surface area contributed by atoms with E-state index in [0.29, 0.717) is 0 Å². The van der Waals surface area contributed by atoms with Gasteiger partial charge in [0.25, 0.3) is 0 Å². The Morgan fingerprint density at radius 1 is 1.00 bits per heavy atom. The van der Waals surface area contributed by atoms with Gasteiger partial charge in [0.1, 0.15) is 0 Å². The first-order valence-electron chi connectivity index (χ1n) is 6.58. The summed E-state index contributed by atoms with van der Waals surface area (Å²) in [6, 6.07) is 17.1. The number of benzene rings is 2. The third-order valence-electron chi connectivity index (χ3n) is 4.53. The quantitative estimate of drug-likeness (QED) is 0.690. The summed E-state index contributed by atoms with van der Waals surface area (Å²) >= 11 is 6.41. The molecule has 3 aliphatic carbocycles. The van der Waals surface area contributed by atoms with Gasteiger partial charge in [-0.3, -0.25) is 0 Å². The van der Waals surface area contributed by atoms with Crippen LogP contribution in [0.15, 0.2) is 42.5 Å². The standard InChI is InChI=1S/C17H12ClN/c18-15-7-3-6-13-16-10(9-19)8-14(17(13)15)11-4-1-2-5-12(11)16/h1-7,10,14,16H,8H2. The molecule has 0 spiro atoms. The zero-order chi connectivity index (χ0) is 13.0. The lowest BCUT2D eigenvalue weighted by Crippen LogP contribution is -2.31. The van der Waals surface area contributed by atoms with Crippen LogP contribution in [0.4, 0.5) is 0 Å². The summed E-state index contributed by atoms with van der Waals surface area (Å²) < 4.78 is 0. The highest BCUT2D eigenvalue weighted by molar-refractivity contribution is 6.31. The average Bonchev–Trinajstić information content (AvgIpc) is 2.47. The molecule has 0 aromatic heterocycles. The van der Waals surface area contributed by atoms with E-state index in [-0.39, 0.29) is 17.8 Å². The molecule has 0 radical (unpaired) electrons. The zero-order valence-electron chi connectivity index (χ0n) is 10.3. The van der Waals surface area contributed by atoms with Crippen molar-refractivity contribution in [1.82, 2.24) is 0 Å². The lowest BCUT2D eigenvalue weighted by Gasteiger charge is -2.43. The topological polar surface area (TPSA) is 23.8 Å². The molecule has 3 aliphatic rings. The highest BCUT2D eigenvalue weighted by atomic mass is 35.5. The molecule has 0 N–H and O–H groups in total. The monoisotopic (exact) mass is 265 g/mol. The summed E-state index contributed by atoms with van der Waals surface area (Å²) in [6.45, 7) is 0. The molecule has 2 heteroatoms. The summed E-state index contributed by atoms with van der Waals surface area (Å²) in [7, 11) is 0. The molecule has 0 aliphatic heterocycles. The van der Waals surface area contributed by atoms with Gasteiger partial charge in [-0.25, -0.2) is 0 Å². The minimum Gasteiger partial charge on any atom is -0.198 e. The molecule has 1 nitrogen and oxygen atoms in total. The van der Waals surface area contributed by atoms with E-state index in [1.54, 1.807) is 0 Å². The van der Waals surface area contributed by atoms with Crippen LogP contribution in [0.5, 0.6) is 0 Å². The fourth-order valence-electron chi connectivity index (χ4n) is 3.82. The second-order valence-electron chi connectivity index (χ2n) is 5.37. The molecular formula is C17H12ClN. The number of rotatable bonds is 0. The van der Waals surface area contributed by atoms with Gasteiger partial charge in [-0.1, -0.05) is 48.0 Å². The first kappa shape index (κ1) is 11.1. The molecule has 0 saturated heterocycles. The Bertz CT molecular complexity index is 713. The van der Waals surface area contributed by atoms with Crippen LogP contribution in [-0.4, -0.2) is 0 Å². The maximum Gasteiger partial charge on any atom is 0.0666 e. The van der Waals surface area contributed by atoms with E-state index in [9.17, 15) is 5.26 Å².